The third kappa shape index (κ3) is 3.70. The highest BCUT2D eigenvalue weighted by molar-refractivity contribution is 5.85. The maximum atomic E-state index is 6.38. The summed E-state index contributed by atoms with van der Waals surface area (Å²) in [6.07, 6.45) is 0. The Morgan fingerprint density at radius 2 is 1.77 bits per heavy atom. The van der Waals surface area contributed by atoms with Crippen molar-refractivity contribution in [1.29, 1.82) is 0 Å². The van der Waals surface area contributed by atoms with Gasteiger partial charge in [-0.2, -0.15) is 0 Å². The number of hydrogen-bond acceptors (Lipinski definition) is 2. The van der Waals surface area contributed by atoms with Crippen LogP contribution < -0.4 is 5.73 Å². The number of nitrogens with zero attached hydrogens (tertiary/aromatic N) is 1. The minimum Gasteiger partial charge on any atom is -0.326 e. The zero-order valence-corrected chi connectivity index (χ0v) is 14.1. The van der Waals surface area contributed by atoms with Crippen LogP contribution in [0.3, 0.4) is 0 Å². The van der Waals surface area contributed by atoms with Crippen LogP contribution >= 0.6 is 12.4 Å². The van der Waals surface area contributed by atoms with E-state index in [1.165, 1.54) is 22.3 Å². The van der Waals surface area contributed by atoms with Gasteiger partial charge in [0.25, 0.3) is 0 Å². The number of halogens is 1. The topological polar surface area (TPSA) is 29.3 Å². The van der Waals surface area contributed by atoms with Gasteiger partial charge >= 0.3 is 0 Å². The molecule has 0 radical (unpaired) electrons. The minimum absolute atomic E-state index is 0. The van der Waals surface area contributed by atoms with Crippen LogP contribution in [0.2, 0.25) is 0 Å². The molecule has 0 amide bonds. The van der Waals surface area contributed by atoms with Crippen molar-refractivity contribution in [2.75, 3.05) is 13.1 Å². The summed E-state index contributed by atoms with van der Waals surface area (Å²) in [7, 11) is 0. The second-order valence-corrected chi connectivity index (χ2v) is 6.31. The zero-order chi connectivity index (χ0) is 14.8. The summed E-state index contributed by atoms with van der Waals surface area (Å²) in [6.45, 7) is 7.39. The van der Waals surface area contributed by atoms with E-state index in [1.54, 1.807) is 0 Å². The first-order chi connectivity index (χ1) is 10.1. The third-order valence-corrected chi connectivity index (χ3v) is 4.57. The second kappa shape index (κ2) is 7.28. The van der Waals surface area contributed by atoms with Crippen molar-refractivity contribution >= 4 is 12.4 Å². The lowest BCUT2D eigenvalue weighted by Crippen LogP contribution is -2.28. The van der Waals surface area contributed by atoms with Gasteiger partial charge in [0.1, 0.15) is 0 Å². The number of benzene rings is 2. The van der Waals surface area contributed by atoms with Crippen molar-refractivity contribution in [1.82, 2.24) is 4.90 Å². The molecule has 2 N–H and O–H groups in total. The highest BCUT2D eigenvalue weighted by atomic mass is 35.5. The van der Waals surface area contributed by atoms with Crippen molar-refractivity contribution in [2.24, 2.45) is 5.73 Å². The molecule has 1 fully saturated rings. The molecule has 1 saturated heterocycles. The number of rotatable bonds is 3. The van der Waals surface area contributed by atoms with Gasteiger partial charge in [0, 0.05) is 31.6 Å². The number of hydrogen-bond donors (Lipinski definition) is 1. The summed E-state index contributed by atoms with van der Waals surface area (Å²) in [4.78, 5) is 2.49. The monoisotopic (exact) mass is 316 g/mol. The summed E-state index contributed by atoms with van der Waals surface area (Å²) < 4.78 is 0. The molecule has 3 heteroatoms. The molecule has 2 aromatic rings. The molecule has 3 rings (SSSR count). The predicted molar refractivity (Wildman–Crippen MR) is 95.6 cm³/mol. The Bertz CT molecular complexity index is 612. The third-order valence-electron chi connectivity index (χ3n) is 4.57. The Labute approximate surface area is 139 Å². The molecule has 22 heavy (non-hydrogen) atoms. The molecular weight excluding hydrogens is 292 g/mol. The maximum Gasteiger partial charge on any atom is 0.0250 e. The van der Waals surface area contributed by atoms with E-state index in [1.807, 2.05) is 0 Å². The number of nitrogens with two attached hydrogens (primary N) is 1. The Balaban J connectivity index is 0.00000176. The molecule has 0 unspecified atom stereocenters. The maximum absolute atomic E-state index is 6.38. The first kappa shape index (κ1) is 17.0. The summed E-state index contributed by atoms with van der Waals surface area (Å²) in [6, 6.07) is 17.6. The van der Waals surface area contributed by atoms with Crippen LogP contribution in [0.15, 0.2) is 48.5 Å². The van der Waals surface area contributed by atoms with Gasteiger partial charge in [-0.1, -0.05) is 54.1 Å². The van der Waals surface area contributed by atoms with Crippen LogP contribution in [0.1, 0.15) is 28.2 Å². The van der Waals surface area contributed by atoms with Gasteiger partial charge in [0.05, 0.1) is 0 Å². The largest absolute Gasteiger partial charge is 0.326 e. The van der Waals surface area contributed by atoms with E-state index in [0.717, 1.165) is 19.6 Å². The summed E-state index contributed by atoms with van der Waals surface area (Å²) in [5.74, 6) is 0.455. The molecule has 0 saturated carbocycles. The van der Waals surface area contributed by atoms with Gasteiger partial charge in [0.2, 0.25) is 0 Å². The van der Waals surface area contributed by atoms with E-state index in [-0.39, 0.29) is 18.4 Å². The molecule has 0 aromatic heterocycles. The highest BCUT2D eigenvalue weighted by Crippen LogP contribution is 2.28. The van der Waals surface area contributed by atoms with Crippen LogP contribution in [-0.2, 0) is 6.54 Å². The molecule has 0 bridgehead atoms. The fourth-order valence-corrected chi connectivity index (χ4v) is 3.31. The van der Waals surface area contributed by atoms with Crippen LogP contribution in [-0.4, -0.2) is 24.0 Å². The molecule has 1 aliphatic rings. The molecule has 0 aliphatic carbocycles. The minimum atomic E-state index is 0. The van der Waals surface area contributed by atoms with Crippen LogP contribution in [0, 0.1) is 13.8 Å². The molecular formula is C19H25ClN2. The van der Waals surface area contributed by atoms with Crippen molar-refractivity contribution in [3.8, 4) is 0 Å². The van der Waals surface area contributed by atoms with Crippen molar-refractivity contribution in [2.45, 2.75) is 32.4 Å². The number of aryl methyl sites for hydroxylation is 2. The van der Waals surface area contributed by atoms with Gasteiger partial charge in [-0.25, -0.2) is 0 Å². The summed E-state index contributed by atoms with van der Waals surface area (Å²) in [5.41, 5.74) is 11.9. The Hall–Kier alpha value is -1.35. The van der Waals surface area contributed by atoms with Crippen LogP contribution in [0.5, 0.6) is 0 Å². The molecule has 0 spiro atoms. The van der Waals surface area contributed by atoms with E-state index in [9.17, 15) is 0 Å². The van der Waals surface area contributed by atoms with Crippen molar-refractivity contribution in [3.05, 3.63) is 70.8 Å². The summed E-state index contributed by atoms with van der Waals surface area (Å²) in [5, 5.41) is 0. The SMILES string of the molecule is Cc1ccc(C)c(CN2C[C@@H](N)[C@H](c3ccccc3)C2)c1.Cl. The fraction of sp³-hybridized carbons (Fsp3) is 0.368. The van der Waals surface area contributed by atoms with Crippen molar-refractivity contribution < 1.29 is 0 Å². The molecule has 2 nitrogen and oxygen atoms in total. The lowest BCUT2D eigenvalue weighted by molar-refractivity contribution is 0.323. The van der Waals surface area contributed by atoms with E-state index in [0.29, 0.717) is 5.92 Å². The fourth-order valence-electron chi connectivity index (χ4n) is 3.31. The van der Waals surface area contributed by atoms with E-state index in [2.05, 4.69) is 67.3 Å². The van der Waals surface area contributed by atoms with E-state index < -0.39 is 0 Å². The molecule has 2 atom stereocenters. The van der Waals surface area contributed by atoms with Crippen LogP contribution in [0.25, 0.3) is 0 Å². The zero-order valence-electron chi connectivity index (χ0n) is 13.3. The van der Waals surface area contributed by atoms with Crippen molar-refractivity contribution in [3.63, 3.8) is 0 Å². The van der Waals surface area contributed by atoms with Gasteiger partial charge < -0.3 is 5.73 Å². The Kier molecular flexibility index (Phi) is 5.63. The van der Waals surface area contributed by atoms with E-state index >= 15 is 0 Å². The van der Waals surface area contributed by atoms with E-state index in [4.69, 9.17) is 5.73 Å². The second-order valence-electron chi connectivity index (χ2n) is 6.31. The molecule has 1 aliphatic heterocycles. The first-order valence-corrected chi connectivity index (χ1v) is 7.72. The smallest absolute Gasteiger partial charge is 0.0250 e. The van der Waals surface area contributed by atoms with Gasteiger partial charge in [-0.3, -0.25) is 4.90 Å². The van der Waals surface area contributed by atoms with Gasteiger partial charge in [-0.05, 0) is 30.5 Å². The quantitative estimate of drug-likeness (QED) is 0.936. The first-order valence-electron chi connectivity index (χ1n) is 7.72. The van der Waals surface area contributed by atoms with Crippen LogP contribution in [0.4, 0.5) is 0 Å². The average molecular weight is 317 g/mol. The summed E-state index contributed by atoms with van der Waals surface area (Å²) >= 11 is 0. The molecule has 2 aromatic carbocycles. The highest BCUT2D eigenvalue weighted by Gasteiger charge is 2.31. The predicted octanol–water partition coefficient (Wildman–Crippen LogP) is 3.65. The lowest BCUT2D eigenvalue weighted by Gasteiger charge is -2.18. The Morgan fingerprint density at radius 3 is 2.50 bits per heavy atom. The number of likely N-dealkylation sites (tertiary alicyclic amines) is 1. The average Bonchev–Trinajstić information content (AvgIpc) is 2.84. The molecule has 1 heterocycles. The van der Waals surface area contributed by atoms with Gasteiger partial charge in [-0.15, -0.1) is 12.4 Å². The normalized spacial score (nSPS) is 21.6. The standard InChI is InChI=1S/C19H24N2.ClH/c1-14-8-9-15(2)17(10-14)11-21-12-18(19(20)13-21)16-6-4-3-5-7-16;/h3-10,18-19H,11-13,20H2,1-2H3;1H/t18-,19+;/m0./s1. The van der Waals surface area contributed by atoms with Gasteiger partial charge in [0.15, 0.2) is 0 Å². The Morgan fingerprint density at radius 1 is 1.05 bits per heavy atom. The lowest BCUT2D eigenvalue weighted by atomic mass is 9.95. The molecule has 118 valence electrons.